The third kappa shape index (κ3) is 5.34. The molecule has 0 saturated carbocycles. The molecule has 0 aromatic carbocycles. The second kappa shape index (κ2) is 6.10. The first-order valence-corrected chi connectivity index (χ1v) is 4.87. The molecular weight excluding hydrogens is 208 g/mol. The van der Waals surface area contributed by atoms with Crippen molar-refractivity contribution >= 4 is 11.9 Å². The third-order valence-corrected chi connectivity index (χ3v) is 1.94. The smallest absolute Gasteiger partial charge is 0.330 e. The van der Waals surface area contributed by atoms with Gasteiger partial charge in [0.05, 0.1) is 14.2 Å². The molecule has 0 aliphatic carbocycles. The maximum Gasteiger partial charge on any atom is 0.330 e. The molecule has 0 atom stereocenters. The van der Waals surface area contributed by atoms with E-state index in [-0.39, 0.29) is 5.41 Å². The highest BCUT2D eigenvalue weighted by atomic mass is 16.5. The van der Waals surface area contributed by atoms with Gasteiger partial charge in [-0.1, -0.05) is 26.8 Å². The van der Waals surface area contributed by atoms with Crippen molar-refractivity contribution in [2.75, 3.05) is 14.2 Å². The number of hydrogen-bond acceptors (Lipinski definition) is 4. The van der Waals surface area contributed by atoms with Crippen LogP contribution in [0.4, 0.5) is 0 Å². The molecule has 0 aliphatic rings. The molecule has 0 N–H and O–H groups in total. The Balaban J connectivity index is 4.98. The Kier molecular flexibility index (Phi) is 5.50. The highest BCUT2D eigenvalue weighted by molar-refractivity contribution is 5.85. The highest BCUT2D eigenvalue weighted by Gasteiger charge is 2.16. The predicted molar refractivity (Wildman–Crippen MR) is 60.7 cm³/mol. The summed E-state index contributed by atoms with van der Waals surface area (Å²) in [5, 5.41) is 0. The van der Waals surface area contributed by atoms with Crippen LogP contribution in [0.25, 0.3) is 0 Å². The molecule has 0 saturated heterocycles. The second-order valence-corrected chi connectivity index (χ2v) is 4.23. The summed E-state index contributed by atoms with van der Waals surface area (Å²) in [6.07, 6.45) is 4.20. The second-order valence-electron chi connectivity index (χ2n) is 4.23. The fourth-order valence-electron chi connectivity index (χ4n) is 0.926. The van der Waals surface area contributed by atoms with Crippen LogP contribution in [0.15, 0.2) is 23.8 Å². The Morgan fingerprint density at radius 3 is 1.81 bits per heavy atom. The van der Waals surface area contributed by atoms with E-state index in [1.807, 2.05) is 20.8 Å². The molecule has 0 unspecified atom stereocenters. The Bertz CT molecular complexity index is 318. The quantitative estimate of drug-likeness (QED) is 0.419. The van der Waals surface area contributed by atoms with E-state index >= 15 is 0 Å². The van der Waals surface area contributed by atoms with Crippen LogP contribution in [-0.2, 0) is 19.1 Å². The molecule has 16 heavy (non-hydrogen) atoms. The summed E-state index contributed by atoms with van der Waals surface area (Å²) in [5.74, 6) is -0.903. The minimum Gasteiger partial charge on any atom is -0.466 e. The minimum atomic E-state index is -0.458. The first-order chi connectivity index (χ1) is 7.31. The molecule has 90 valence electrons. The standard InChI is InChI=1S/C12H18O4/c1-12(2,3)9(8-11(14)16-5)6-7-10(13)15-4/h6-8H,1-5H3/b7-6+,9-8-. The fourth-order valence-corrected chi connectivity index (χ4v) is 0.926. The van der Waals surface area contributed by atoms with E-state index in [0.717, 1.165) is 0 Å². The van der Waals surface area contributed by atoms with Crippen molar-refractivity contribution in [3.63, 3.8) is 0 Å². The normalized spacial score (nSPS) is 12.7. The summed E-state index contributed by atoms with van der Waals surface area (Å²) in [7, 11) is 2.61. The monoisotopic (exact) mass is 226 g/mol. The molecule has 0 aromatic rings. The zero-order valence-electron chi connectivity index (χ0n) is 10.4. The van der Waals surface area contributed by atoms with E-state index in [4.69, 9.17) is 0 Å². The van der Waals surface area contributed by atoms with Crippen molar-refractivity contribution in [2.45, 2.75) is 20.8 Å². The minimum absolute atomic E-state index is 0.251. The SMILES string of the molecule is COC(=O)/C=C(/C=C/C(=O)OC)C(C)(C)C. The molecule has 0 radical (unpaired) electrons. The maximum atomic E-state index is 11.1. The van der Waals surface area contributed by atoms with Crippen LogP contribution in [0, 0.1) is 5.41 Å². The van der Waals surface area contributed by atoms with Gasteiger partial charge >= 0.3 is 11.9 Å². The van der Waals surface area contributed by atoms with Crippen molar-refractivity contribution in [3.8, 4) is 0 Å². The molecule has 0 bridgehead atoms. The highest BCUT2D eigenvalue weighted by Crippen LogP contribution is 2.26. The van der Waals surface area contributed by atoms with E-state index in [1.54, 1.807) is 6.08 Å². The summed E-state index contributed by atoms with van der Waals surface area (Å²) in [6.45, 7) is 5.80. The van der Waals surface area contributed by atoms with Crippen molar-refractivity contribution in [1.82, 2.24) is 0 Å². The lowest BCUT2D eigenvalue weighted by atomic mass is 9.86. The average molecular weight is 226 g/mol. The van der Waals surface area contributed by atoms with Gasteiger partial charge in [-0.3, -0.25) is 0 Å². The molecule has 4 heteroatoms. The average Bonchev–Trinajstić information content (AvgIpc) is 2.21. The number of hydrogen-bond donors (Lipinski definition) is 0. The third-order valence-electron chi connectivity index (χ3n) is 1.94. The van der Waals surface area contributed by atoms with Crippen molar-refractivity contribution in [2.24, 2.45) is 5.41 Å². The zero-order chi connectivity index (χ0) is 12.8. The lowest BCUT2D eigenvalue weighted by Gasteiger charge is -2.19. The Labute approximate surface area is 95.9 Å². The van der Waals surface area contributed by atoms with E-state index in [9.17, 15) is 9.59 Å². The molecule has 0 spiro atoms. The summed E-state index contributed by atoms with van der Waals surface area (Å²) in [5.41, 5.74) is 0.448. The molecular formula is C12H18O4. The van der Waals surface area contributed by atoms with Gasteiger partial charge < -0.3 is 9.47 Å². The molecule has 0 aliphatic heterocycles. The van der Waals surface area contributed by atoms with Gasteiger partial charge in [0, 0.05) is 12.2 Å². The summed E-state index contributed by atoms with van der Waals surface area (Å²) in [6, 6.07) is 0. The van der Waals surface area contributed by atoms with Gasteiger partial charge in [0.15, 0.2) is 0 Å². The number of carbonyl (C=O) groups is 2. The van der Waals surface area contributed by atoms with Gasteiger partial charge in [0.1, 0.15) is 0 Å². The number of carbonyl (C=O) groups excluding carboxylic acids is 2. The Hall–Kier alpha value is -1.58. The molecule has 0 fully saturated rings. The van der Waals surface area contributed by atoms with Gasteiger partial charge in [-0.2, -0.15) is 0 Å². The first-order valence-electron chi connectivity index (χ1n) is 4.87. The maximum absolute atomic E-state index is 11.1. The topological polar surface area (TPSA) is 52.6 Å². The van der Waals surface area contributed by atoms with E-state index < -0.39 is 11.9 Å². The molecule has 4 nitrogen and oxygen atoms in total. The number of allylic oxidation sites excluding steroid dienone is 2. The van der Waals surface area contributed by atoms with E-state index in [0.29, 0.717) is 5.57 Å². The summed E-state index contributed by atoms with van der Waals surface area (Å²) in [4.78, 5) is 22.1. The zero-order valence-corrected chi connectivity index (χ0v) is 10.4. The molecule has 0 heterocycles. The summed E-state index contributed by atoms with van der Waals surface area (Å²) >= 11 is 0. The lowest BCUT2D eigenvalue weighted by molar-refractivity contribution is -0.135. The molecule has 0 aromatic heterocycles. The van der Waals surface area contributed by atoms with Gasteiger partial charge in [-0.25, -0.2) is 9.59 Å². The van der Waals surface area contributed by atoms with E-state index in [1.165, 1.54) is 26.4 Å². The van der Waals surface area contributed by atoms with Crippen LogP contribution in [-0.4, -0.2) is 26.2 Å². The predicted octanol–water partition coefficient (Wildman–Crippen LogP) is 1.86. The van der Waals surface area contributed by atoms with Crippen LogP contribution < -0.4 is 0 Å². The number of ether oxygens (including phenoxy) is 2. The van der Waals surface area contributed by atoms with Crippen LogP contribution >= 0.6 is 0 Å². The summed E-state index contributed by atoms with van der Waals surface area (Å²) < 4.78 is 9.02. The van der Waals surface area contributed by atoms with Crippen molar-refractivity contribution in [3.05, 3.63) is 23.8 Å². The van der Waals surface area contributed by atoms with Crippen molar-refractivity contribution in [1.29, 1.82) is 0 Å². The Morgan fingerprint density at radius 1 is 0.938 bits per heavy atom. The van der Waals surface area contributed by atoms with Gasteiger partial charge in [0.25, 0.3) is 0 Å². The van der Waals surface area contributed by atoms with E-state index in [2.05, 4.69) is 9.47 Å². The molecule has 0 amide bonds. The van der Waals surface area contributed by atoms with Gasteiger partial charge in [0.2, 0.25) is 0 Å². The van der Waals surface area contributed by atoms with Crippen LogP contribution in [0.2, 0.25) is 0 Å². The van der Waals surface area contributed by atoms with Crippen LogP contribution in [0.5, 0.6) is 0 Å². The number of methoxy groups -OCH3 is 2. The van der Waals surface area contributed by atoms with Crippen LogP contribution in [0.1, 0.15) is 20.8 Å². The van der Waals surface area contributed by atoms with Gasteiger partial charge in [-0.05, 0) is 11.0 Å². The first kappa shape index (κ1) is 14.4. The van der Waals surface area contributed by atoms with Crippen LogP contribution in [0.3, 0.4) is 0 Å². The largest absolute Gasteiger partial charge is 0.466 e. The van der Waals surface area contributed by atoms with Gasteiger partial charge in [-0.15, -0.1) is 0 Å². The molecule has 0 rings (SSSR count). The number of rotatable bonds is 3. The lowest BCUT2D eigenvalue weighted by Crippen LogP contribution is -2.11. The van der Waals surface area contributed by atoms with Crippen molar-refractivity contribution < 1.29 is 19.1 Å². The number of esters is 2. The fraction of sp³-hybridized carbons (Fsp3) is 0.500. The Morgan fingerprint density at radius 2 is 1.44 bits per heavy atom.